The normalized spacial score (nSPS) is 14.9. The Hall–Kier alpha value is 0.0869. The van der Waals surface area contributed by atoms with Crippen LogP contribution in [0, 0.1) is 0 Å². The predicted molar refractivity (Wildman–Crippen MR) is 43.2 cm³/mol. The van der Waals surface area contributed by atoms with Gasteiger partial charge in [-0.1, -0.05) is 33.6 Å². The van der Waals surface area contributed by atoms with Crippen molar-refractivity contribution in [1.29, 1.82) is 0 Å². The molecular formula is C7H16Si. The van der Waals surface area contributed by atoms with Crippen LogP contribution in [0.3, 0.4) is 0 Å². The molecule has 0 bridgehead atoms. The molecule has 1 heteroatoms. The van der Waals surface area contributed by atoms with E-state index in [1.165, 1.54) is 12.8 Å². The van der Waals surface area contributed by atoms with E-state index in [9.17, 15) is 0 Å². The lowest BCUT2D eigenvalue weighted by Crippen LogP contribution is -1.90. The van der Waals surface area contributed by atoms with Crippen molar-refractivity contribution in [2.24, 2.45) is 0 Å². The van der Waals surface area contributed by atoms with Gasteiger partial charge >= 0.3 is 0 Å². The molecule has 0 aliphatic carbocycles. The third-order valence-electron chi connectivity index (χ3n) is 1.26. The first-order valence-corrected chi connectivity index (χ1v) is 4.77. The number of rotatable bonds is 3. The van der Waals surface area contributed by atoms with Crippen LogP contribution in [0.15, 0.2) is 0 Å². The zero-order valence-corrected chi connectivity index (χ0v) is 7.30. The summed E-state index contributed by atoms with van der Waals surface area (Å²) in [5, 5.41) is 0. The first-order valence-electron chi connectivity index (χ1n) is 3.44. The topological polar surface area (TPSA) is 0 Å². The molecule has 0 heterocycles. The molecule has 0 nitrogen and oxygen atoms in total. The second-order valence-corrected chi connectivity index (χ2v) is 4.48. The number of hydrogen-bond donors (Lipinski definition) is 0. The molecule has 1 atom stereocenters. The first kappa shape index (κ1) is 8.09. The molecule has 0 saturated heterocycles. The van der Waals surface area contributed by atoms with E-state index in [1.807, 2.05) is 0 Å². The van der Waals surface area contributed by atoms with Crippen LogP contribution >= 0.6 is 0 Å². The van der Waals surface area contributed by atoms with Crippen LogP contribution in [0.4, 0.5) is 0 Å². The van der Waals surface area contributed by atoms with Crippen molar-refractivity contribution in [2.45, 2.75) is 39.2 Å². The summed E-state index contributed by atoms with van der Waals surface area (Å²) in [6, 6.07) is 0. The van der Waals surface area contributed by atoms with E-state index < -0.39 is 0 Å². The van der Waals surface area contributed by atoms with Crippen LogP contribution in [-0.4, -0.2) is 14.8 Å². The SMILES string of the molecule is CC=[SiH]C(C)CCC. The minimum Gasteiger partial charge on any atom is -0.109 e. The van der Waals surface area contributed by atoms with E-state index in [4.69, 9.17) is 0 Å². The van der Waals surface area contributed by atoms with Crippen molar-refractivity contribution in [3.05, 3.63) is 0 Å². The quantitative estimate of drug-likeness (QED) is 0.509. The fourth-order valence-electron chi connectivity index (χ4n) is 0.880. The largest absolute Gasteiger partial charge is 0.109 e. The molecule has 0 aliphatic heterocycles. The summed E-state index contributed by atoms with van der Waals surface area (Å²) in [4.78, 5) is 0. The first-order chi connectivity index (χ1) is 3.81. The molecule has 8 heavy (non-hydrogen) atoms. The van der Waals surface area contributed by atoms with E-state index in [0.29, 0.717) is 9.13 Å². The molecule has 0 radical (unpaired) electrons. The van der Waals surface area contributed by atoms with Gasteiger partial charge in [-0.2, -0.15) is 0 Å². The van der Waals surface area contributed by atoms with E-state index >= 15 is 0 Å². The average molecular weight is 128 g/mol. The second kappa shape index (κ2) is 5.23. The smallest absolute Gasteiger partial charge is 0.00918 e. The fraction of sp³-hybridized carbons (Fsp3) is 0.857. The van der Waals surface area contributed by atoms with Gasteiger partial charge in [-0.3, -0.25) is 0 Å². The van der Waals surface area contributed by atoms with Gasteiger partial charge in [0, 0.05) is 0 Å². The molecule has 1 unspecified atom stereocenters. The van der Waals surface area contributed by atoms with Crippen LogP contribution in [0.1, 0.15) is 33.6 Å². The Morgan fingerprint density at radius 1 is 1.62 bits per heavy atom. The summed E-state index contributed by atoms with van der Waals surface area (Å²) in [6.45, 7) is 6.77. The lowest BCUT2D eigenvalue weighted by Gasteiger charge is -1.99. The van der Waals surface area contributed by atoms with E-state index in [2.05, 4.69) is 26.4 Å². The lowest BCUT2D eigenvalue weighted by molar-refractivity contribution is 0.768. The van der Waals surface area contributed by atoms with Gasteiger partial charge in [0.1, 0.15) is 0 Å². The van der Waals surface area contributed by atoms with Crippen LogP contribution < -0.4 is 0 Å². The van der Waals surface area contributed by atoms with Crippen LogP contribution in [-0.2, 0) is 0 Å². The van der Waals surface area contributed by atoms with Crippen LogP contribution in [0.5, 0.6) is 0 Å². The summed E-state index contributed by atoms with van der Waals surface area (Å²) in [5.41, 5.74) is 3.32. The summed E-state index contributed by atoms with van der Waals surface area (Å²) in [7, 11) is 0.640. The molecule has 0 N–H and O–H groups in total. The van der Waals surface area contributed by atoms with Crippen molar-refractivity contribution >= 4 is 14.8 Å². The molecule has 0 spiro atoms. The van der Waals surface area contributed by atoms with Crippen molar-refractivity contribution in [1.82, 2.24) is 0 Å². The number of hydrogen-bond acceptors (Lipinski definition) is 0. The molecule has 48 valence electrons. The van der Waals surface area contributed by atoms with E-state index in [-0.39, 0.29) is 0 Å². The molecule has 0 aromatic carbocycles. The van der Waals surface area contributed by atoms with Gasteiger partial charge in [0.05, 0.1) is 0 Å². The van der Waals surface area contributed by atoms with Crippen LogP contribution in [0.2, 0.25) is 5.54 Å². The Kier molecular flexibility index (Phi) is 5.28. The highest BCUT2D eigenvalue weighted by atomic mass is 28.2. The molecular weight excluding hydrogens is 112 g/mol. The van der Waals surface area contributed by atoms with Crippen molar-refractivity contribution < 1.29 is 0 Å². The monoisotopic (exact) mass is 128 g/mol. The molecule has 0 saturated carbocycles. The summed E-state index contributed by atoms with van der Waals surface area (Å²) in [6.07, 6.45) is 2.77. The van der Waals surface area contributed by atoms with Gasteiger partial charge < -0.3 is 0 Å². The second-order valence-electron chi connectivity index (χ2n) is 2.29. The van der Waals surface area contributed by atoms with Gasteiger partial charge in [0.25, 0.3) is 0 Å². The van der Waals surface area contributed by atoms with Gasteiger partial charge in [0.15, 0.2) is 0 Å². The van der Waals surface area contributed by atoms with Gasteiger partial charge in [-0.15, -0.1) is 5.67 Å². The molecule has 0 fully saturated rings. The van der Waals surface area contributed by atoms with Crippen molar-refractivity contribution in [2.75, 3.05) is 0 Å². The predicted octanol–water partition coefficient (Wildman–Crippen LogP) is 1.85. The summed E-state index contributed by atoms with van der Waals surface area (Å²) in [5.74, 6) is 0. The zero-order valence-electron chi connectivity index (χ0n) is 6.15. The standard InChI is InChI=1S/C7H16Si/c1-4-6-7(3)8-5-2/h5,7-8H,4,6H2,1-3H3. The minimum absolute atomic E-state index is 0.640. The third-order valence-corrected chi connectivity index (χ3v) is 2.64. The summed E-state index contributed by atoms with van der Waals surface area (Å²) >= 11 is 0. The van der Waals surface area contributed by atoms with Gasteiger partial charge in [-0.05, 0) is 14.7 Å². The Morgan fingerprint density at radius 3 is 2.62 bits per heavy atom. The summed E-state index contributed by atoms with van der Waals surface area (Å²) < 4.78 is 0. The van der Waals surface area contributed by atoms with Crippen molar-refractivity contribution in [3.8, 4) is 0 Å². The van der Waals surface area contributed by atoms with E-state index in [1.54, 1.807) is 0 Å². The Labute approximate surface area is 54.7 Å². The lowest BCUT2D eigenvalue weighted by atomic mass is 10.3. The Bertz CT molecular complexity index is 66.8. The average Bonchev–Trinajstić information content (AvgIpc) is 1.68. The highest BCUT2D eigenvalue weighted by Crippen LogP contribution is 2.05. The fourth-order valence-corrected chi connectivity index (χ4v) is 2.06. The van der Waals surface area contributed by atoms with E-state index in [0.717, 1.165) is 5.54 Å². The minimum atomic E-state index is 0.640. The van der Waals surface area contributed by atoms with Crippen LogP contribution in [0.25, 0.3) is 0 Å². The Morgan fingerprint density at radius 2 is 2.25 bits per heavy atom. The molecule has 0 amide bonds. The molecule has 0 aliphatic rings. The third kappa shape index (κ3) is 4.25. The zero-order chi connectivity index (χ0) is 6.41. The van der Waals surface area contributed by atoms with Gasteiger partial charge in [0.2, 0.25) is 0 Å². The van der Waals surface area contributed by atoms with Gasteiger partial charge in [-0.25, -0.2) is 0 Å². The Balaban J connectivity index is 3.17. The maximum atomic E-state index is 2.35. The van der Waals surface area contributed by atoms with Crippen molar-refractivity contribution in [3.63, 3.8) is 0 Å². The molecule has 0 aromatic heterocycles. The highest BCUT2D eigenvalue weighted by Gasteiger charge is 1.90. The maximum Gasteiger partial charge on any atom is -0.00918 e. The maximum absolute atomic E-state index is 2.35. The highest BCUT2D eigenvalue weighted by molar-refractivity contribution is 6.47. The molecule has 0 rings (SSSR count). The molecule has 0 aromatic rings.